The quantitative estimate of drug-likeness (QED) is 0.903. The Morgan fingerprint density at radius 1 is 1.12 bits per heavy atom. The van der Waals surface area contributed by atoms with E-state index in [1.807, 2.05) is 60.4 Å². The van der Waals surface area contributed by atoms with Crippen molar-refractivity contribution in [2.75, 3.05) is 24.5 Å². The molecule has 124 valence electrons. The van der Waals surface area contributed by atoms with Crippen molar-refractivity contribution in [1.82, 2.24) is 10.6 Å². The second-order valence-corrected chi connectivity index (χ2v) is 5.99. The Morgan fingerprint density at radius 2 is 1.83 bits per heavy atom. The molecule has 2 amide bonds. The Bertz CT molecular complexity index is 723. The summed E-state index contributed by atoms with van der Waals surface area (Å²) in [5.41, 5.74) is 3.85. The first-order chi connectivity index (χ1) is 11.6. The van der Waals surface area contributed by atoms with Gasteiger partial charge in [-0.2, -0.15) is 0 Å². The van der Waals surface area contributed by atoms with E-state index in [1.54, 1.807) is 0 Å². The van der Waals surface area contributed by atoms with Crippen LogP contribution in [0.25, 0.3) is 0 Å². The third-order valence-corrected chi connectivity index (χ3v) is 4.11. The topological polar surface area (TPSA) is 61.4 Å². The molecular weight excluding hydrogens is 302 g/mol. The van der Waals surface area contributed by atoms with Crippen LogP contribution in [0.2, 0.25) is 0 Å². The molecule has 1 aliphatic rings. The summed E-state index contributed by atoms with van der Waals surface area (Å²) in [7, 11) is 0. The predicted octanol–water partition coefficient (Wildman–Crippen LogP) is 1.86. The average molecular weight is 323 g/mol. The maximum absolute atomic E-state index is 12.1. The molecule has 0 bridgehead atoms. The zero-order valence-electron chi connectivity index (χ0n) is 13.7. The number of nitrogens with one attached hydrogen (secondary N) is 2. The highest BCUT2D eigenvalue weighted by Crippen LogP contribution is 2.16. The van der Waals surface area contributed by atoms with Crippen LogP contribution < -0.4 is 15.5 Å². The second-order valence-electron chi connectivity index (χ2n) is 5.99. The lowest BCUT2D eigenvalue weighted by atomic mass is 10.1. The van der Waals surface area contributed by atoms with E-state index in [2.05, 4.69) is 10.6 Å². The van der Waals surface area contributed by atoms with E-state index in [4.69, 9.17) is 0 Å². The summed E-state index contributed by atoms with van der Waals surface area (Å²) in [6, 6.07) is 15.5. The molecule has 2 aromatic rings. The van der Waals surface area contributed by atoms with E-state index in [-0.39, 0.29) is 11.8 Å². The van der Waals surface area contributed by atoms with Crippen molar-refractivity contribution in [2.24, 2.45) is 0 Å². The summed E-state index contributed by atoms with van der Waals surface area (Å²) >= 11 is 0. The van der Waals surface area contributed by atoms with Crippen LogP contribution in [-0.2, 0) is 11.3 Å². The highest BCUT2D eigenvalue weighted by molar-refractivity contribution is 5.94. The molecule has 2 aromatic carbocycles. The second kappa shape index (κ2) is 7.17. The molecular formula is C19H21N3O2. The van der Waals surface area contributed by atoms with E-state index in [1.165, 1.54) is 0 Å². The number of aryl methyl sites for hydroxylation is 1. The van der Waals surface area contributed by atoms with Crippen molar-refractivity contribution >= 4 is 17.5 Å². The van der Waals surface area contributed by atoms with Gasteiger partial charge >= 0.3 is 0 Å². The van der Waals surface area contributed by atoms with Gasteiger partial charge in [-0.25, -0.2) is 0 Å². The van der Waals surface area contributed by atoms with E-state index in [0.29, 0.717) is 25.2 Å². The maximum atomic E-state index is 12.1. The van der Waals surface area contributed by atoms with Crippen LogP contribution in [0.1, 0.15) is 21.5 Å². The Kier molecular flexibility index (Phi) is 4.79. The van der Waals surface area contributed by atoms with Crippen molar-refractivity contribution in [3.8, 4) is 0 Å². The zero-order chi connectivity index (χ0) is 16.9. The molecule has 3 rings (SSSR count). The first kappa shape index (κ1) is 16.1. The number of benzene rings is 2. The number of hydrogen-bond acceptors (Lipinski definition) is 3. The Morgan fingerprint density at radius 3 is 2.50 bits per heavy atom. The van der Waals surface area contributed by atoms with Gasteiger partial charge in [-0.15, -0.1) is 0 Å². The van der Waals surface area contributed by atoms with Gasteiger partial charge in [0, 0.05) is 30.9 Å². The number of rotatable bonds is 4. The van der Waals surface area contributed by atoms with Gasteiger partial charge in [-0.3, -0.25) is 9.59 Å². The minimum Gasteiger partial charge on any atom is -0.360 e. The fraction of sp³-hybridized carbons (Fsp3) is 0.263. The smallest absolute Gasteiger partial charge is 0.251 e. The van der Waals surface area contributed by atoms with Crippen molar-refractivity contribution in [2.45, 2.75) is 13.5 Å². The van der Waals surface area contributed by atoms with Crippen molar-refractivity contribution < 1.29 is 9.59 Å². The summed E-state index contributed by atoms with van der Waals surface area (Å²) in [5.74, 6) is -0.0255. The lowest BCUT2D eigenvalue weighted by Gasteiger charge is -2.28. The molecule has 5 heteroatoms. The molecule has 24 heavy (non-hydrogen) atoms. The molecule has 0 aliphatic carbocycles. The number of nitrogens with zero attached hydrogens (tertiary/aromatic N) is 1. The van der Waals surface area contributed by atoms with Crippen LogP contribution in [0.4, 0.5) is 5.69 Å². The number of piperazine rings is 1. The normalized spacial score (nSPS) is 14.2. The molecule has 0 spiro atoms. The first-order valence-electron chi connectivity index (χ1n) is 8.07. The van der Waals surface area contributed by atoms with Gasteiger partial charge < -0.3 is 15.5 Å². The molecule has 0 unspecified atom stereocenters. The summed E-state index contributed by atoms with van der Waals surface area (Å²) in [5, 5.41) is 5.74. The third kappa shape index (κ3) is 3.93. The van der Waals surface area contributed by atoms with Gasteiger partial charge in [0.2, 0.25) is 5.91 Å². The molecule has 1 aliphatic heterocycles. The van der Waals surface area contributed by atoms with Crippen LogP contribution in [0, 0.1) is 6.92 Å². The summed E-state index contributed by atoms with van der Waals surface area (Å²) in [6.45, 7) is 4.36. The molecule has 0 saturated carbocycles. The minimum atomic E-state index is -0.0771. The molecule has 1 fully saturated rings. The van der Waals surface area contributed by atoms with Gasteiger partial charge in [-0.05, 0) is 36.8 Å². The fourth-order valence-corrected chi connectivity index (χ4v) is 2.67. The van der Waals surface area contributed by atoms with Gasteiger partial charge in [0.1, 0.15) is 0 Å². The largest absolute Gasteiger partial charge is 0.360 e. The number of carbonyl (C=O) groups is 2. The monoisotopic (exact) mass is 323 g/mol. The van der Waals surface area contributed by atoms with Crippen LogP contribution >= 0.6 is 0 Å². The lowest BCUT2D eigenvalue weighted by molar-refractivity contribution is -0.120. The zero-order valence-corrected chi connectivity index (χ0v) is 13.7. The fourth-order valence-electron chi connectivity index (χ4n) is 2.67. The molecule has 1 heterocycles. The number of carbonyl (C=O) groups excluding carboxylic acids is 2. The highest BCUT2D eigenvalue weighted by Gasteiger charge is 2.16. The Hall–Kier alpha value is -2.82. The minimum absolute atomic E-state index is 0.0516. The van der Waals surface area contributed by atoms with Crippen LogP contribution in [-0.4, -0.2) is 31.4 Å². The predicted molar refractivity (Wildman–Crippen MR) is 94.0 cm³/mol. The molecule has 2 N–H and O–H groups in total. The maximum Gasteiger partial charge on any atom is 0.251 e. The summed E-state index contributed by atoms with van der Waals surface area (Å²) in [6.07, 6.45) is 0. The number of hydrogen-bond donors (Lipinski definition) is 2. The van der Waals surface area contributed by atoms with Crippen LogP contribution in [0.3, 0.4) is 0 Å². The van der Waals surface area contributed by atoms with Crippen LogP contribution in [0.5, 0.6) is 0 Å². The number of amides is 2. The number of anilines is 1. The molecule has 0 aromatic heterocycles. The summed E-state index contributed by atoms with van der Waals surface area (Å²) < 4.78 is 0. The molecule has 0 radical (unpaired) electrons. The van der Waals surface area contributed by atoms with Gasteiger partial charge in [0.25, 0.3) is 5.91 Å². The van der Waals surface area contributed by atoms with Crippen molar-refractivity contribution in [3.63, 3.8) is 0 Å². The molecule has 1 saturated heterocycles. The van der Waals surface area contributed by atoms with E-state index in [0.717, 1.165) is 23.4 Å². The molecule has 5 nitrogen and oxygen atoms in total. The Labute approximate surface area is 141 Å². The van der Waals surface area contributed by atoms with E-state index >= 15 is 0 Å². The van der Waals surface area contributed by atoms with Gasteiger partial charge in [0.05, 0.1) is 6.54 Å². The standard InChI is InChI=1S/C19H21N3O2/c1-14-2-6-16(7-3-14)19(24)21-12-15-4-8-17(9-5-15)22-11-10-20-18(23)13-22/h2-9H,10-13H2,1H3,(H,20,23)(H,21,24). The van der Waals surface area contributed by atoms with Crippen molar-refractivity contribution in [3.05, 3.63) is 65.2 Å². The Balaban J connectivity index is 1.57. The average Bonchev–Trinajstić information content (AvgIpc) is 2.61. The highest BCUT2D eigenvalue weighted by atomic mass is 16.2. The van der Waals surface area contributed by atoms with Gasteiger partial charge in [0.15, 0.2) is 0 Å². The van der Waals surface area contributed by atoms with Gasteiger partial charge in [-0.1, -0.05) is 29.8 Å². The van der Waals surface area contributed by atoms with Crippen LogP contribution in [0.15, 0.2) is 48.5 Å². The summed E-state index contributed by atoms with van der Waals surface area (Å²) in [4.78, 5) is 25.6. The third-order valence-electron chi connectivity index (χ3n) is 4.11. The van der Waals surface area contributed by atoms with E-state index < -0.39 is 0 Å². The lowest BCUT2D eigenvalue weighted by Crippen LogP contribution is -2.47. The molecule has 0 atom stereocenters. The SMILES string of the molecule is Cc1ccc(C(=O)NCc2ccc(N3CCNC(=O)C3)cc2)cc1. The van der Waals surface area contributed by atoms with E-state index in [9.17, 15) is 9.59 Å². The first-order valence-corrected chi connectivity index (χ1v) is 8.07. The van der Waals surface area contributed by atoms with Crippen molar-refractivity contribution in [1.29, 1.82) is 0 Å².